The van der Waals surface area contributed by atoms with E-state index in [0.29, 0.717) is 6.04 Å². The summed E-state index contributed by atoms with van der Waals surface area (Å²) >= 11 is 0. The molecule has 0 radical (unpaired) electrons. The van der Waals surface area contributed by atoms with Crippen LogP contribution in [0.4, 0.5) is 0 Å². The molecule has 1 aromatic carbocycles. The molecule has 114 valence electrons. The van der Waals surface area contributed by atoms with E-state index in [1.807, 2.05) is 6.07 Å². The summed E-state index contributed by atoms with van der Waals surface area (Å²) in [5.41, 5.74) is 2.29. The molecule has 21 heavy (non-hydrogen) atoms. The van der Waals surface area contributed by atoms with E-state index in [0.717, 1.165) is 31.7 Å². The third-order valence-electron chi connectivity index (χ3n) is 4.22. The Bertz CT molecular complexity index is 499. The maximum atomic E-state index is 8.77. The molecule has 1 heterocycles. The van der Waals surface area contributed by atoms with Crippen LogP contribution in [0.2, 0.25) is 0 Å². The van der Waals surface area contributed by atoms with Gasteiger partial charge in [0.15, 0.2) is 0 Å². The zero-order chi connectivity index (χ0) is 15.1. The molecule has 0 spiro atoms. The van der Waals surface area contributed by atoms with Crippen LogP contribution < -0.4 is 0 Å². The lowest BCUT2D eigenvalue weighted by Gasteiger charge is -2.26. The Morgan fingerprint density at radius 3 is 2.86 bits per heavy atom. The smallest absolute Gasteiger partial charge is 0.104 e. The second-order valence-electron chi connectivity index (χ2n) is 5.56. The summed E-state index contributed by atoms with van der Waals surface area (Å²) in [5.74, 6) is 5.69. The average Bonchev–Trinajstić information content (AvgIpc) is 2.95. The van der Waals surface area contributed by atoms with Crippen molar-refractivity contribution in [1.82, 2.24) is 9.80 Å². The summed E-state index contributed by atoms with van der Waals surface area (Å²) in [6, 6.07) is 9.04. The van der Waals surface area contributed by atoms with E-state index in [1.54, 1.807) is 0 Å². The van der Waals surface area contributed by atoms with Gasteiger partial charge < -0.3 is 5.11 Å². The van der Waals surface area contributed by atoms with Crippen LogP contribution in [0.5, 0.6) is 0 Å². The Labute approximate surface area is 128 Å². The molecule has 3 nitrogen and oxygen atoms in total. The van der Waals surface area contributed by atoms with E-state index in [4.69, 9.17) is 5.11 Å². The van der Waals surface area contributed by atoms with Crippen molar-refractivity contribution in [2.45, 2.75) is 32.9 Å². The standard InChI is InChI=1S/C18H26N2O/c1-3-20(4-2)18-10-11-19(15-18)14-17-8-5-7-16(13-17)9-6-12-21/h5,7-8,13,18,21H,3-4,10-12,14-15H2,1-2H3. The minimum atomic E-state index is -0.0814. The van der Waals surface area contributed by atoms with Gasteiger partial charge in [-0.15, -0.1) is 0 Å². The minimum absolute atomic E-state index is 0.0814. The lowest BCUT2D eigenvalue weighted by atomic mass is 10.1. The van der Waals surface area contributed by atoms with Gasteiger partial charge in [-0.2, -0.15) is 0 Å². The lowest BCUT2D eigenvalue weighted by Crippen LogP contribution is -2.37. The Morgan fingerprint density at radius 1 is 1.33 bits per heavy atom. The topological polar surface area (TPSA) is 26.7 Å². The van der Waals surface area contributed by atoms with Crippen LogP contribution in [0.25, 0.3) is 0 Å². The number of benzene rings is 1. The predicted molar refractivity (Wildman–Crippen MR) is 87.0 cm³/mol. The van der Waals surface area contributed by atoms with Crippen molar-refractivity contribution in [3.8, 4) is 11.8 Å². The van der Waals surface area contributed by atoms with E-state index < -0.39 is 0 Å². The van der Waals surface area contributed by atoms with Gasteiger partial charge in [0.2, 0.25) is 0 Å². The van der Waals surface area contributed by atoms with Gasteiger partial charge in [-0.3, -0.25) is 9.80 Å². The quantitative estimate of drug-likeness (QED) is 0.838. The van der Waals surface area contributed by atoms with E-state index in [1.165, 1.54) is 18.5 Å². The van der Waals surface area contributed by atoms with Gasteiger partial charge in [-0.25, -0.2) is 0 Å². The zero-order valence-corrected chi connectivity index (χ0v) is 13.2. The maximum Gasteiger partial charge on any atom is 0.104 e. The van der Waals surface area contributed by atoms with Gasteiger partial charge in [-0.05, 0) is 37.2 Å². The molecule has 1 fully saturated rings. The highest BCUT2D eigenvalue weighted by Crippen LogP contribution is 2.18. The fourth-order valence-electron chi connectivity index (χ4n) is 3.14. The Balaban J connectivity index is 1.94. The van der Waals surface area contributed by atoms with Crippen molar-refractivity contribution < 1.29 is 5.11 Å². The molecule has 2 rings (SSSR count). The highest BCUT2D eigenvalue weighted by molar-refractivity contribution is 5.37. The van der Waals surface area contributed by atoms with E-state index in [2.05, 4.69) is 53.7 Å². The van der Waals surface area contributed by atoms with E-state index in [9.17, 15) is 0 Å². The summed E-state index contributed by atoms with van der Waals surface area (Å²) in [7, 11) is 0. The molecule has 1 unspecified atom stereocenters. The van der Waals surface area contributed by atoms with Crippen LogP contribution in [0, 0.1) is 11.8 Å². The molecule has 0 aliphatic carbocycles. The first-order chi connectivity index (χ1) is 10.3. The van der Waals surface area contributed by atoms with Gasteiger partial charge in [0.1, 0.15) is 6.61 Å². The first-order valence-corrected chi connectivity index (χ1v) is 7.91. The number of aliphatic hydroxyl groups is 1. The SMILES string of the molecule is CCN(CC)C1CCN(Cc2cccc(C#CCO)c2)C1. The molecule has 0 aromatic heterocycles. The van der Waals surface area contributed by atoms with Crippen LogP contribution in [0.15, 0.2) is 24.3 Å². The van der Waals surface area contributed by atoms with Crippen LogP contribution in [0.1, 0.15) is 31.4 Å². The Morgan fingerprint density at radius 2 is 2.14 bits per heavy atom. The van der Waals surface area contributed by atoms with Gasteiger partial charge in [0.05, 0.1) is 0 Å². The summed E-state index contributed by atoms with van der Waals surface area (Å²) in [6.45, 7) is 10.0. The molecule has 1 saturated heterocycles. The summed E-state index contributed by atoms with van der Waals surface area (Å²) in [4.78, 5) is 5.09. The molecule has 1 aromatic rings. The fraction of sp³-hybridized carbons (Fsp3) is 0.556. The monoisotopic (exact) mass is 286 g/mol. The summed E-state index contributed by atoms with van der Waals surface area (Å²) < 4.78 is 0. The number of nitrogens with zero attached hydrogens (tertiary/aromatic N) is 2. The highest BCUT2D eigenvalue weighted by atomic mass is 16.2. The predicted octanol–water partition coefficient (Wildman–Crippen LogP) is 1.95. The van der Waals surface area contributed by atoms with Crippen molar-refractivity contribution in [3.05, 3.63) is 35.4 Å². The third-order valence-corrected chi connectivity index (χ3v) is 4.22. The van der Waals surface area contributed by atoms with Crippen LogP contribution in [-0.4, -0.2) is 53.7 Å². The third kappa shape index (κ3) is 4.57. The van der Waals surface area contributed by atoms with Crippen molar-refractivity contribution in [3.63, 3.8) is 0 Å². The first-order valence-electron chi connectivity index (χ1n) is 7.91. The summed E-state index contributed by atoms with van der Waals surface area (Å²) in [5, 5.41) is 8.77. The lowest BCUT2D eigenvalue weighted by molar-refractivity contribution is 0.209. The van der Waals surface area contributed by atoms with Gasteiger partial charge >= 0.3 is 0 Å². The molecule has 0 saturated carbocycles. The maximum absolute atomic E-state index is 8.77. The van der Waals surface area contributed by atoms with Crippen molar-refractivity contribution in [1.29, 1.82) is 0 Å². The number of hydrogen-bond donors (Lipinski definition) is 1. The molecule has 1 N–H and O–H groups in total. The molecule has 3 heteroatoms. The zero-order valence-electron chi connectivity index (χ0n) is 13.2. The number of likely N-dealkylation sites (N-methyl/N-ethyl adjacent to an activating group) is 1. The summed E-state index contributed by atoms with van der Waals surface area (Å²) in [6.07, 6.45) is 1.27. The number of rotatable bonds is 5. The largest absolute Gasteiger partial charge is 0.384 e. The average molecular weight is 286 g/mol. The molecule has 1 aliphatic heterocycles. The Hall–Kier alpha value is -1.34. The van der Waals surface area contributed by atoms with E-state index >= 15 is 0 Å². The molecule has 1 aliphatic rings. The second kappa shape index (κ2) is 8.19. The van der Waals surface area contributed by atoms with Crippen LogP contribution in [-0.2, 0) is 6.54 Å². The van der Waals surface area contributed by atoms with Gasteiger partial charge in [0, 0.05) is 31.2 Å². The number of hydrogen-bond acceptors (Lipinski definition) is 3. The first kappa shape index (κ1) is 16.0. The fourth-order valence-corrected chi connectivity index (χ4v) is 3.14. The van der Waals surface area contributed by atoms with Crippen molar-refractivity contribution >= 4 is 0 Å². The molecular weight excluding hydrogens is 260 g/mol. The van der Waals surface area contributed by atoms with Gasteiger partial charge in [-0.1, -0.05) is 37.8 Å². The number of aliphatic hydroxyl groups excluding tert-OH is 1. The molecule has 1 atom stereocenters. The molecule has 0 bridgehead atoms. The normalized spacial score (nSPS) is 18.8. The Kier molecular flexibility index (Phi) is 6.25. The van der Waals surface area contributed by atoms with Crippen molar-refractivity contribution in [2.24, 2.45) is 0 Å². The van der Waals surface area contributed by atoms with E-state index in [-0.39, 0.29) is 6.61 Å². The molecular formula is C18H26N2O. The molecule has 0 amide bonds. The van der Waals surface area contributed by atoms with Gasteiger partial charge in [0.25, 0.3) is 0 Å². The van der Waals surface area contributed by atoms with Crippen LogP contribution >= 0.6 is 0 Å². The highest BCUT2D eigenvalue weighted by Gasteiger charge is 2.25. The number of likely N-dealkylation sites (tertiary alicyclic amines) is 1. The van der Waals surface area contributed by atoms with Crippen molar-refractivity contribution in [2.75, 3.05) is 32.8 Å². The second-order valence-corrected chi connectivity index (χ2v) is 5.56. The van der Waals surface area contributed by atoms with Crippen LogP contribution in [0.3, 0.4) is 0 Å². The minimum Gasteiger partial charge on any atom is -0.384 e.